The summed E-state index contributed by atoms with van der Waals surface area (Å²) >= 11 is 14.4. The Hall–Kier alpha value is -1.81. The average Bonchev–Trinajstić information content (AvgIpc) is 3.12. The SMILES string of the molecule is CC(C)(C)NS(=O)(=O)c1ccc(-c2sc(C(=O)NC3CCC3)nc2CC2CCC2)c(Cl)c1Cl.O=C=O. The van der Waals surface area contributed by atoms with Gasteiger partial charge in [-0.3, -0.25) is 4.79 Å². The minimum atomic E-state index is -3.85. The molecule has 0 unspecified atom stereocenters. The highest BCUT2D eigenvalue weighted by molar-refractivity contribution is 7.89. The van der Waals surface area contributed by atoms with Gasteiger partial charge < -0.3 is 5.32 Å². The monoisotopic (exact) mass is 573 g/mol. The summed E-state index contributed by atoms with van der Waals surface area (Å²) in [6.07, 6.45) is 7.64. The normalized spacial score (nSPS) is 16.2. The zero-order chi connectivity index (χ0) is 26.7. The molecule has 2 aliphatic carbocycles. The molecule has 36 heavy (non-hydrogen) atoms. The molecule has 0 bridgehead atoms. The average molecular weight is 575 g/mol. The maximum absolute atomic E-state index is 12.8. The maximum atomic E-state index is 12.8. The van der Waals surface area contributed by atoms with E-state index in [-0.39, 0.29) is 33.0 Å². The van der Waals surface area contributed by atoms with E-state index in [0.717, 1.165) is 49.1 Å². The zero-order valence-corrected chi connectivity index (χ0v) is 23.5. The van der Waals surface area contributed by atoms with Crippen molar-refractivity contribution in [2.45, 2.75) is 82.2 Å². The Labute approximate surface area is 225 Å². The first-order valence-corrected chi connectivity index (χ1v) is 14.7. The van der Waals surface area contributed by atoms with Gasteiger partial charge >= 0.3 is 6.15 Å². The second kappa shape index (κ2) is 11.7. The van der Waals surface area contributed by atoms with Gasteiger partial charge in [-0.15, -0.1) is 11.3 Å². The standard InChI is InChI=1S/C23H29Cl2N3O3S2.CO2/c1-23(2,3)28-33(30,31)17-11-10-15(18(24)19(17)25)20-16(12-13-6-4-7-13)27-22(32-20)21(29)26-14-8-5-9-14;2-1-3/h10-11,13-14,28H,4-9,12H2,1-3H3,(H,26,29);. The first-order valence-electron chi connectivity index (χ1n) is 11.7. The number of aromatic nitrogens is 1. The van der Waals surface area contributed by atoms with E-state index in [1.807, 2.05) is 0 Å². The number of carbonyl (C=O) groups excluding carboxylic acids is 3. The summed E-state index contributed by atoms with van der Waals surface area (Å²) in [6.45, 7) is 5.28. The van der Waals surface area contributed by atoms with E-state index in [9.17, 15) is 13.2 Å². The molecule has 2 aromatic rings. The molecule has 2 fully saturated rings. The number of amides is 1. The number of hydrogen-bond acceptors (Lipinski definition) is 7. The van der Waals surface area contributed by atoms with Crippen LogP contribution in [0.3, 0.4) is 0 Å². The fourth-order valence-corrected chi connectivity index (χ4v) is 7.31. The molecular formula is C24H29Cl2N3O5S2. The van der Waals surface area contributed by atoms with E-state index >= 15 is 0 Å². The molecule has 0 aliphatic heterocycles. The fraction of sp³-hybridized carbons (Fsp3) is 0.542. The quantitative estimate of drug-likeness (QED) is 0.467. The Morgan fingerprint density at radius 2 is 1.72 bits per heavy atom. The van der Waals surface area contributed by atoms with Gasteiger partial charge in [-0.1, -0.05) is 48.5 Å². The van der Waals surface area contributed by atoms with Crippen LogP contribution in [-0.4, -0.2) is 37.0 Å². The van der Waals surface area contributed by atoms with Crippen molar-refractivity contribution in [3.63, 3.8) is 0 Å². The first-order chi connectivity index (χ1) is 16.9. The van der Waals surface area contributed by atoms with Crippen LogP contribution in [0.2, 0.25) is 10.0 Å². The lowest BCUT2D eigenvalue weighted by Gasteiger charge is -2.25. The third-order valence-electron chi connectivity index (χ3n) is 6.06. The van der Waals surface area contributed by atoms with Gasteiger partial charge in [0.2, 0.25) is 10.0 Å². The van der Waals surface area contributed by atoms with Gasteiger partial charge in [-0.2, -0.15) is 9.59 Å². The summed E-state index contributed by atoms with van der Waals surface area (Å²) in [7, 11) is -3.85. The lowest BCUT2D eigenvalue weighted by molar-refractivity contribution is -0.191. The summed E-state index contributed by atoms with van der Waals surface area (Å²) in [6, 6.07) is 3.35. The molecule has 1 heterocycles. The number of halogens is 2. The molecule has 0 saturated heterocycles. The van der Waals surface area contributed by atoms with Gasteiger partial charge in [0.05, 0.1) is 20.6 Å². The fourth-order valence-electron chi connectivity index (χ4n) is 3.94. The molecule has 1 aromatic carbocycles. The number of carbonyl (C=O) groups is 1. The minimum Gasteiger partial charge on any atom is -0.347 e. The maximum Gasteiger partial charge on any atom is 0.373 e. The highest BCUT2D eigenvalue weighted by Crippen LogP contribution is 2.43. The van der Waals surface area contributed by atoms with Crippen molar-refractivity contribution in [2.24, 2.45) is 5.92 Å². The molecule has 1 amide bonds. The second-order valence-corrected chi connectivity index (χ2v) is 13.5. The molecular weight excluding hydrogens is 545 g/mol. The van der Waals surface area contributed by atoms with Crippen LogP contribution in [0.4, 0.5) is 0 Å². The Morgan fingerprint density at radius 1 is 1.11 bits per heavy atom. The Balaban J connectivity index is 0.00000115. The molecule has 0 spiro atoms. The zero-order valence-electron chi connectivity index (χ0n) is 20.3. The van der Waals surface area contributed by atoms with Crippen molar-refractivity contribution >= 4 is 56.6 Å². The number of benzene rings is 1. The Morgan fingerprint density at radius 3 is 2.22 bits per heavy atom. The van der Waals surface area contributed by atoms with E-state index in [4.69, 9.17) is 32.8 Å². The number of nitrogens with one attached hydrogen (secondary N) is 2. The van der Waals surface area contributed by atoms with Crippen LogP contribution in [0.15, 0.2) is 17.0 Å². The molecule has 196 valence electrons. The molecule has 2 aliphatic rings. The highest BCUT2D eigenvalue weighted by Gasteiger charge is 2.30. The van der Waals surface area contributed by atoms with Gasteiger partial charge in [0.1, 0.15) is 4.90 Å². The van der Waals surface area contributed by atoms with Crippen LogP contribution in [0.1, 0.15) is 74.8 Å². The smallest absolute Gasteiger partial charge is 0.347 e. The van der Waals surface area contributed by atoms with Gasteiger partial charge in [0, 0.05) is 17.1 Å². The summed E-state index contributed by atoms with van der Waals surface area (Å²) in [5.74, 6) is 0.375. The molecule has 12 heteroatoms. The van der Waals surface area contributed by atoms with Crippen molar-refractivity contribution in [3.8, 4) is 10.4 Å². The van der Waals surface area contributed by atoms with Gasteiger partial charge in [-0.25, -0.2) is 18.1 Å². The van der Waals surface area contributed by atoms with Crippen LogP contribution in [0.5, 0.6) is 0 Å². The van der Waals surface area contributed by atoms with E-state index in [1.165, 1.54) is 23.8 Å². The molecule has 1 aromatic heterocycles. The Kier molecular flexibility index (Phi) is 9.36. The number of sulfonamides is 1. The molecule has 0 radical (unpaired) electrons. The van der Waals surface area contributed by atoms with Crippen molar-refractivity contribution in [2.75, 3.05) is 0 Å². The number of thiazole rings is 1. The van der Waals surface area contributed by atoms with E-state index in [1.54, 1.807) is 26.8 Å². The van der Waals surface area contributed by atoms with E-state index < -0.39 is 15.6 Å². The van der Waals surface area contributed by atoms with Crippen LogP contribution < -0.4 is 10.0 Å². The molecule has 0 atom stereocenters. The van der Waals surface area contributed by atoms with Gasteiger partial charge in [-0.05, 0) is 58.4 Å². The molecule has 8 nitrogen and oxygen atoms in total. The summed E-state index contributed by atoms with van der Waals surface area (Å²) in [5.41, 5.74) is 0.764. The number of hydrogen-bond donors (Lipinski definition) is 2. The third-order valence-corrected chi connectivity index (χ3v) is 9.98. The van der Waals surface area contributed by atoms with Crippen molar-refractivity contribution in [1.29, 1.82) is 0 Å². The highest BCUT2D eigenvalue weighted by atomic mass is 35.5. The predicted octanol–water partition coefficient (Wildman–Crippen LogP) is 5.24. The van der Waals surface area contributed by atoms with Crippen LogP contribution in [0, 0.1) is 5.92 Å². The van der Waals surface area contributed by atoms with E-state index in [0.29, 0.717) is 16.5 Å². The summed E-state index contributed by atoms with van der Waals surface area (Å²) < 4.78 is 28.3. The molecule has 4 rings (SSSR count). The minimum absolute atomic E-state index is 0.0330. The summed E-state index contributed by atoms with van der Waals surface area (Å²) in [5, 5.41) is 3.57. The van der Waals surface area contributed by atoms with Gasteiger partial charge in [0.25, 0.3) is 5.91 Å². The Bertz CT molecular complexity index is 1260. The molecule has 2 N–H and O–H groups in total. The largest absolute Gasteiger partial charge is 0.373 e. The van der Waals surface area contributed by atoms with E-state index in [2.05, 4.69) is 15.0 Å². The van der Waals surface area contributed by atoms with Crippen molar-refractivity contribution in [3.05, 3.63) is 32.9 Å². The topological polar surface area (TPSA) is 122 Å². The number of rotatable bonds is 7. The third kappa shape index (κ3) is 6.94. The van der Waals surface area contributed by atoms with Crippen LogP contribution >= 0.6 is 34.5 Å². The van der Waals surface area contributed by atoms with Gasteiger partial charge in [0.15, 0.2) is 5.01 Å². The number of nitrogens with zero attached hydrogens (tertiary/aromatic N) is 1. The molecule has 2 saturated carbocycles. The summed E-state index contributed by atoms with van der Waals surface area (Å²) in [4.78, 5) is 34.4. The van der Waals surface area contributed by atoms with Crippen LogP contribution in [0.25, 0.3) is 10.4 Å². The predicted molar refractivity (Wildman–Crippen MR) is 139 cm³/mol. The van der Waals surface area contributed by atoms with Crippen molar-refractivity contribution < 1.29 is 22.8 Å². The van der Waals surface area contributed by atoms with Crippen molar-refractivity contribution in [1.82, 2.24) is 15.0 Å². The first kappa shape index (κ1) is 28.8. The lowest BCUT2D eigenvalue weighted by atomic mass is 9.82. The van der Waals surface area contributed by atoms with Crippen LogP contribution in [-0.2, 0) is 26.0 Å². The second-order valence-electron chi connectivity index (χ2n) is 10.1. The lowest BCUT2D eigenvalue weighted by Crippen LogP contribution is -2.40.